The van der Waals surface area contributed by atoms with Gasteiger partial charge >= 0.3 is 5.97 Å². The van der Waals surface area contributed by atoms with Crippen LogP contribution in [-0.2, 0) is 4.74 Å². The number of esters is 1. The average molecular weight is 496 g/mol. The van der Waals surface area contributed by atoms with Crippen molar-refractivity contribution in [2.24, 2.45) is 0 Å². The Kier molecular flexibility index (Phi) is 5.56. The van der Waals surface area contributed by atoms with E-state index < -0.39 is 5.97 Å². The fourth-order valence-corrected chi connectivity index (χ4v) is 4.65. The zero-order chi connectivity index (χ0) is 25.5. The van der Waals surface area contributed by atoms with Gasteiger partial charge < -0.3 is 28.8 Å². The van der Waals surface area contributed by atoms with Gasteiger partial charge in [0.05, 0.1) is 36.1 Å². The zero-order valence-corrected chi connectivity index (χ0v) is 20.7. The van der Waals surface area contributed by atoms with E-state index in [9.17, 15) is 4.79 Å². The number of nitrogens with one attached hydrogen (secondary N) is 1. The molecule has 186 valence electrons. The number of pyridine rings is 1. The summed E-state index contributed by atoms with van der Waals surface area (Å²) >= 11 is 0. The lowest BCUT2D eigenvalue weighted by Crippen LogP contribution is -2.13. The van der Waals surface area contributed by atoms with Crippen molar-refractivity contribution < 1.29 is 23.7 Å². The molecule has 5 aromatic rings. The van der Waals surface area contributed by atoms with Crippen LogP contribution in [0.5, 0.6) is 17.2 Å². The lowest BCUT2D eigenvalue weighted by atomic mass is 10.1. The topological polar surface area (TPSA) is 83.8 Å². The summed E-state index contributed by atoms with van der Waals surface area (Å²) in [4.78, 5) is 18.1. The Morgan fingerprint density at radius 3 is 2.70 bits per heavy atom. The number of fused-ring (bicyclic) bond motifs is 3. The molecular weight excluding hydrogens is 470 g/mol. The van der Waals surface area contributed by atoms with Gasteiger partial charge in [-0.05, 0) is 56.3 Å². The smallest absolute Gasteiger partial charge is 0.357 e. The minimum absolute atomic E-state index is 0.159. The molecule has 0 saturated carbocycles. The van der Waals surface area contributed by atoms with Crippen LogP contribution in [0.15, 0.2) is 66.7 Å². The molecule has 0 unspecified atom stereocenters. The van der Waals surface area contributed by atoms with Gasteiger partial charge in [-0.15, -0.1) is 0 Å². The first-order valence-electron chi connectivity index (χ1n) is 12.0. The lowest BCUT2D eigenvalue weighted by Gasteiger charge is -2.13. The van der Waals surface area contributed by atoms with E-state index in [-0.39, 0.29) is 13.4 Å². The van der Waals surface area contributed by atoms with Crippen LogP contribution in [0.3, 0.4) is 0 Å². The third-order valence-electron chi connectivity index (χ3n) is 6.36. The molecule has 1 aliphatic heterocycles. The molecule has 0 bridgehead atoms. The number of methoxy groups -OCH3 is 1. The minimum Gasteiger partial charge on any atom is -0.497 e. The SMILES string of the molecule is CCOC(=O)c1c(Nc2ccc3ccc(C)nc3c2)c2ccc(OC)cc2n1-c1ccc2c(c1)OCO2. The van der Waals surface area contributed by atoms with E-state index in [1.165, 1.54) is 0 Å². The Morgan fingerprint density at radius 2 is 1.86 bits per heavy atom. The van der Waals surface area contributed by atoms with Gasteiger partial charge in [0.2, 0.25) is 6.79 Å². The molecular formula is C29H25N3O5. The van der Waals surface area contributed by atoms with Gasteiger partial charge in [-0.3, -0.25) is 4.98 Å². The number of hydrogen-bond acceptors (Lipinski definition) is 7. The number of carbonyl (C=O) groups is 1. The second-order valence-electron chi connectivity index (χ2n) is 8.69. The van der Waals surface area contributed by atoms with E-state index in [4.69, 9.17) is 18.9 Å². The van der Waals surface area contributed by atoms with E-state index in [0.717, 1.165) is 38.9 Å². The summed E-state index contributed by atoms with van der Waals surface area (Å²) in [7, 11) is 1.62. The molecule has 3 heterocycles. The van der Waals surface area contributed by atoms with E-state index >= 15 is 0 Å². The van der Waals surface area contributed by atoms with Gasteiger partial charge in [-0.1, -0.05) is 12.1 Å². The van der Waals surface area contributed by atoms with E-state index in [2.05, 4.69) is 10.3 Å². The molecule has 3 aromatic carbocycles. The molecule has 8 heteroatoms. The maximum atomic E-state index is 13.5. The van der Waals surface area contributed by atoms with Crippen molar-refractivity contribution in [3.8, 4) is 22.9 Å². The molecule has 6 rings (SSSR count). The normalized spacial score (nSPS) is 12.2. The Bertz CT molecular complexity index is 1670. The van der Waals surface area contributed by atoms with E-state index in [1.807, 2.05) is 78.2 Å². The number of ether oxygens (including phenoxy) is 4. The largest absolute Gasteiger partial charge is 0.497 e. The molecule has 2 aromatic heterocycles. The van der Waals surface area contributed by atoms with Gasteiger partial charge in [0, 0.05) is 34.3 Å². The Labute approximate surface area is 213 Å². The van der Waals surface area contributed by atoms with Gasteiger partial charge in [0.1, 0.15) is 5.75 Å². The van der Waals surface area contributed by atoms with E-state index in [0.29, 0.717) is 28.6 Å². The van der Waals surface area contributed by atoms with Crippen molar-refractivity contribution in [3.05, 3.63) is 78.1 Å². The van der Waals surface area contributed by atoms with Crippen LogP contribution in [0, 0.1) is 6.92 Å². The highest BCUT2D eigenvalue weighted by molar-refractivity contribution is 6.09. The number of nitrogens with zero attached hydrogens (tertiary/aromatic N) is 2. The van der Waals surface area contributed by atoms with Crippen molar-refractivity contribution in [1.29, 1.82) is 0 Å². The number of carbonyl (C=O) groups excluding carboxylic acids is 1. The van der Waals surface area contributed by atoms with Crippen LogP contribution >= 0.6 is 0 Å². The first kappa shape index (κ1) is 22.7. The Morgan fingerprint density at radius 1 is 1.03 bits per heavy atom. The number of hydrogen-bond donors (Lipinski definition) is 1. The van der Waals surface area contributed by atoms with Crippen molar-refractivity contribution in [2.75, 3.05) is 25.8 Å². The van der Waals surface area contributed by atoms with Gasteiger partial charge in [-0.2, -0.15) is 0 Å². The van der Waals surface area contributed by atoms with Crippen LogP contribution in [0.25, 0.3) is 27.5 Å². The molecule has 1 N–H and O–H groups in total. The predicted octanol–water partition coefficient (Wildman–Crippen LogP) is 6.14. The number of aromatic nitrogens is 2. The third kappa shape index (κ3) is 3.96. The van der Waals surface area contributed by atoms with Gasteiger partial charge in [0.15, 0.2) is 17.2 Å². The van der Waals surface area contributed by atoms with Crippen LogP contribution in [0.1, 0.15) is 23.1 Å². The molecule has 0 aliphatic carbocycles. The molecule has 0 radical (unpaired) electrons. The zero-order valence-electron chi connectivity index (χ0n) is 20.7. The Balaban J connectivity index is 1.59. The molecule has 0 amide bonds. The number of aryl methyl sites for hydroxylation is 1. The summed E-state index contributed by atoms with van der Waals surface area (Å²) in [6.45, 7) is 4.15. The van der Waals surface area contributed by atoms with Crippen molar-refractivity contribution in [3.63, 3.8) is 0 Å². The lowest BCUT2D eigenvalue weighted by molar-refractivity contribution is 0.0518. The van der Waals surface area contributed by atoms with Crippen LogP contribution < -0.4 is 19.5 Å². The van der Waals surface area contributed by atoms with Gasteiger partial charge in [-0.25, -0.2) is 4.79 Å². The highest BCUT2D eigenvalue weighted by Crippen LogP contribution is 2.41. The molecule has 0 fully saturated rings. The van der Waals surface area contributed by atoms with E-state index in [1.54, 1.807) is 14.0 Å². The molecule has 0 saturated heterocycles. The fourth-order valence-electron chi connectivity index (χ4n) is 4.65. The fraction of sp³-hybridized carbons (Fsp3) is 0.172. The summed E-state index contributed by atoms with van der Waals surface area (Å²) < 4.78 is 24.0. The molecule has 0 spiro atoms. The summed E-state index contributed by atoms with van der Waals surface area (Å²) in [5.74, 6) is 1.49. The number of anilines is 2. The standard InChI is InChI=1S/C29H25N3O5/c1-4-35-29(33)28-27(31-19-8-7-18-6-5-17(2)30-23(18)13-19)22-11-10-21(34-3)15-24(22)32(28)20-9-12-25-26(14-20)37-16-36-25/h5-15,31H,4,16H2,1-3H3. The number of rotatable bonds is 6. The highest BCUT2D eigenvalue weighted by Gasteiger charge is 2.27. The first-order chi connectivity index (χ1) is 18.1. The Hall–Kier alpha value is -4.72. The van der Waals surface area contributed by atoms with Crippen LogP contribution in [0.4, 0.5) is 11.4 Å². The van der Waals surface area contributed by atoms with Crippen LogP contribution in [-0.4, -0.2) is 36.0 Å². The first-order valence-corrected chi connectivity index (χ1v) is 12.0. The maximum absolute atomic E-state index is 13.5. The second-order valence-corrected chi connectivity index (χ2v) is 8.69. The summed E-state index contributed by atoms with van der Waals surface area (Å²) in [6.07, 6.45) is 0. The summed E-state index contributed by atoms with van der Waals surface area (Å²) in [5, 5.41) is 5.36. The average Bonchev–Trinajstić information content (AvgIpc) is 3.50. The number of benzene rings is 3. The molecule has 8 nitrogen and oxygen atoms in total. The minimum atomic E-state index is -0.451. The second kappa shape index (κ2) is 9.05. The predicted molar refractivity (Wildman–Crippen MR) is 142 cm³/mol. The highest BCUT2D eigenvalue weighted by atomic mass is 16.7. The third-order valence-corrected chi connectivity index (χ3v) is 6.36. The van der Waals surface area contributed by atoms with Crippen molar-refractivity contribution >= 4 is 39.1 Å². The summed E-state index contributed by atoms with van der Waals surface area (Å²) in [6, 6.07) is 21.3. The van der Waals surface area contributed by atoms with Crippen molar-refractivity contribution in [1.82, 2.24) is 9.55 Å². The molecule has 1 aliphatic rings. The van der Waals surface area contributed by atoms with Crippen LogP contribution in [0.2, 0.25) is 0 Å². The molecule has 0 atom stereocenters. The van der Waals surface area contributed by atoms with Gasteiger partial charge in [0.25, 0.3) is 0 Å². The quantitative estimate of drug-likeness (QED) is 0.283. The summed E-state index contributed by atoms with van der Waals surface area (Å²) in [5.41, 5.74) is 5.10. The monoisotopic (exact) mass is 495 g/mol. The molecule has 37 heavy (non-hydrogen) atoms. The van der Waals surface area contributed by atoms with Crippen molar-refractivity contribution in [2.45, 2.75) is 13.8 Å². The maximum Gasteiger partial charge on any atom is 0.357 e.